The molecular weight excluding hydrogens is 312 g/mol. The molecule has 3 rings (SSSR count). The van der Waals surface area contributed by atoms with E-state index in [1.165, 1.54) is 0 Å². The molecule has 0 saturated carbocycles. The summed E-state index contributed by atoms with van der Waals surface area (Å²) in [6.45, 7) is 3.14. The number of thiocarbonyl (C=S) groups is 1. The number of ether oxygens (including phenoxy) is 3. The van der Waals surface area contributed by atoms with Gasteiger partial charge in [-0.3, -0.25) is 0 Å². The molecule has 0 aliphatic carbocycles. The molecule has 2 aromatic rings. The van der Waals surface area contributed by atoms with Gasteiger partial charge in [0.15, 0.2) is 16.6 Å². The van der Waals surface area contributed by atoms with Gasteiger partial charge in [0.2, 0.25) is 0 Å². The largest absolute Gasteiger partial charge is 0.497 e. The first-order chi connectivity index (χ1) is 11.2. The van der Waals surface area contributed by atoms with E-state index in [9.17, 15) is 0 Å². The van der Waals surface area contributed by atoms with Crippen molar-refractivity contribution in [1.82, 2.24) is 0 Å². The molecule has 0 fully saturated rings. The van der Waals surface area contributed by atoms with Gasteiger partial charge in [-0.15, -0.1) is 0 Å². The lowest BCUT2D eigenvalue weighted by molar-refractivity contribution is 0.171. The molecule has 0 atom stereocenters. The Morgan fingerprint density at radius 1 is 1.04 bits per heavy atom. The molecule has 0 aromatic heterocycles. The molecule has 2 N–H and O–H groups in total. The van der Waals surface area contributed by atoms with E-state index in [4.69, 9.17) is 26.4 Å². The molecule has 6 heteroatoms. The predicted octanol–water partition coefficient (Wildman–Crippen LogP) is 3.58. The van der Waals surface area contributed by atoms with Crippen LogP contribution in [-0.4, -0.2) is 25.4 Å². The van der Waals surface area contributed by atoms with Crippen molar-refractivity contribution in [2.75, 3.05) is 31.0 Å². The average molecular weight is 330 g/mol. The molecule has 0 saturated heterocycles. The Kier molecular flexibility index (Phi) is 4.52. The summed E-state index contributed by atoms with van der Waals surface area (Å²) in [6.07, 6.45) is 0. The van der Waals surface area contributed by atoms with Gasteiger partial charge in [0.1, 0.15) is 19.0 Å². The maximum atomic E-state index is 5.57. The van der Waals surface area contributed by atoms with Crippen LogP contribution < -0.4 is 24.8 Å². The van der Waals surface area contributed by atoms with Crippen molar-refractivity contribution < 1.29 is 14.2 Å². The van der Waals surface area contributed by atoms with Gasteiger partial charge in [0.25, 0.3) is 0 Å². The Morgan fingerprint density at radius 2 is 1.83 bits per heavy atom. The van der Waals surface area contributed by atoms with Crippen molar-refractivity contribution in [2.45, 2.75) is 6.92 Å². The number of fused-ring (bicyclic) bond motifs is 1. The van der Waals surface area contributed by atoms with Gasteiger partial charge in [-0.1, -0.05) is 6.07 Å². The average Bonchev–Trinajstić information content (AvgIpc) is 2.56. The van der Waals surface area contributed by atoms with E-state index in [1.54, 1.807) is 7.11 Å². The van der Waals surface area contributed by atoms with Crippen LogP contribution in [0, 0.1) is 6.92 Å². The second-order valence-corrected chi connectivity index (χ2v) is 5.53. The summed E-state index contributed by atoms with van der Waals surface area (Å²) in [7, 11) is 1.64. The van der Waals surface area contributed by atoms with Crippen LogP contribution in [0.4, 0.5) is 11.4 Å². The van der Waals surface area contributed by atoms with Gasteiger partial charge in [0, 0.05) is 23.5 Å². The van der Waals surface area contributed by atoms with Crippen LogP contribution in [0.25, 0.3) is 0 Å². The Labute approximate surface area is 140 Å². The van der Waals surface area contributed by atoms with E-state index in [1.807, 2.05) is 43.3 Å². The van der Waals surface area contributed by atoms with Crippen molar-refractivity contribution in [3.63, 3.8) is 0 Å². The molecule has 120 valence electrons. The van der Waals surface area contributed by atoms with E-state index >= 15 is 0 Å². The van der Waals surface area contributed by atoms with Gasteiger partial charge in [-0.05, 0) is 42.9 Å². The summed E-state index contributed by atoms with van der Waals surface area (Å²) in [4.78, 5) is 0. The van der Waals surface area contributed by atoms with Crippen molar-refractivity contribution in [1.29, 1.82) is 0 Å². The van der Waals surface area contributed by atoms with Crippen molar-refractivity contribution in [3.05, 3.63) is 42.0 Å². The van der Waals surface area contributed by atoms with Gasteiger partial charge < -0.3 is 24.8 Å². The smallest absolute Gasteiger partial charge is 0.175 e. The molecule has 1 aliphatic heterocycles. The van der Waals surface area contributed by atoms with E-state index in [0.29, 0.717) is 18.3 Å². The molecule has 2 aromatic carbocycles. The number of benzene rings is 2. The number of nitrogens with one attached hydrogen (secondary N) is 2. The second kappa shape index (κ2) is 6.75. The van der Waals surface area contributed by atoms with Gasteiger partial charge in [0.05, 0.1) is 7.11 Å². The van der Waals surface area contributed by atoms with Crippen LogP contribution in [0.5, 0.6) is 17.2 Å². The van der Waals surface area contributed by atoms with Crippen LogP contribution in [-0.2, 0) is 0 Å². The molecular formula is C17H18N2O3S. The zero-order valence-electron chi connectivity index (χ0n) is 13.0. The fourth-order valence-electron chi connectivity index (χ4n) is 2.27. The highest BCUT2D eigenvalue weighted by Crippen LogP contribution is 2.32. The Hall–Kier alpha value is -2.47. The van der Waals surface area contributed by atoms with Crippen LogP contribution in [0.15, 0.2) is 36.4 Å². The third kappa shape index (κ3) is 3.65. The van der Waals surface area contributed by atoms with Crippen LogP contribution in [0.3, 0.4) is 0 Å². The fourth-order valence-corrected chi connectivity index (χ4v) is 2.50. The van der Waals surface area contributed by atoms with E-state index in [2.05, 4.69) is 10.6 Å². The lowest BCUT2D eigenvalue weighted by Gasteiger charge is -2.19. The van der Waals surface area contributed by atoms with E-state index in [-0.39, 0.29) is 0 Å². The molecule has 23 heavy (non-hydrogen) atoms. The number of aryl methyl sites for hydroxylation is 1. The minimum absolute atomic E-state index is 0.498. The highest BCUT2D eigenvalue weighted by atomic mass is 32.1. The summed E-state index contributed by atoms with van der Waals surface area (Å²) in [5.74, 6) is 2.26. The monoisotopic (exact) mass is 330 g/mol. The number of anilines is 2. The molecule has 0 spiro atoms. The first-order valence-electron chi connectivity index (χ1n) is 7.28. The predicted molar refractivity (Wildman–Crippen MR) is 95.0 cm³/mol. The third-order valence-corrected chi connectivity index (χ3v) is 3.70. The first-order valence-corrected chi connectivity index (χ1v) is 7.69. The normalized spacial score (nSPS) is 12.4. The summed E-state index contributed by atoms with van der Waals surface area (Å²) in [6, 6.07) is 11.5. The quantitative estimate of drug-likeness (QED) is 0.839. The zero-order chi connectivity index (χ0) is 16.2. The molecule has 0 bridgehead atoms. The van der Waals surface area contributed by atoms with E-state index < -0.39 is 0 Å². The summed E-state index contributed by atoms with van der Waals surface area (Å²) in [5, 5.41) is 6.83. The van der Waals surface area contributed by atoms with Gasteiger partial charge in [-0.2, -0.15) is 0 Å². The summed E-state index contributed by atoms with van der Waals surface area (Å²) >= 11 is 5.38. The lowest BCUT2D eigenvalue weighted by atomic mass is 10.2. The minimum Gasteiger partial charge on any atom is -0.497 e. The highest BCUT2D eigenvalue weighted by molar-refractivity contribution is 7.80. The van der Waals surface area contributed by atoms with Crippen LogP contribution >= 0.6 is 12.2 Å². The van der Waals surface area contributed by atoms with Crippen LogP contribution in [0.1, 0.15) is 5.56 Å². The first kappa shape index (κ1) is 15.4. The van der Waals surface area contributed by atoms with Gasteiger partial charge in [-0.25, -0.2) is 0 Å². The summed E-state index contributed by atoms with van der Waals surface area (Å²) < 4.78 is 16.3. The maximum Gasteiger partial charge on any atom is 0.175 e. The highest BCUT2D eigenvalue weighted by Gasteiger charge is 2.12. The number of hydrogen-bond acceptors (Lipinski definition) is 4. The molecule has 1 aliphatic rings. The maximum absolute atomic E-state index is 5.57. The number of methoxy groups -OCH3 is 1. The lowest BCUT2D eigenvalue weighted by Crippen LogP contribution is -2.20. The standard InChI is InChI=1S/C17H18N2O3S/c1-11-3-5-13(20-2)10-14(11)19-17(23)18-12-4-6-15-16(9-12)22-8-7-21-15/h3-6,9-10H,7-8H2,1-2H3,(H2,18,19,23). The van der Waals surface area contributed by atoms with Gasteiger partial charge >= 0.3 is 0 Å². The van der Waals surface area contributed by atoms with Crippen molar-refractivity contribution in [2.24, 2.45) is 0 Å². The fraction of sp³-hybridized carbons (Fsp3) is 0.235. The van der Waals surface area contributed by atoms with Crippen molar-refractivity contribution >= 4 is 28.7 Å². The Bertz CT molecular complexity index is 734. The Morgan fingerprint density at radius 3 is 2.61 bits per heavy atom. The molecule has 1 heterocycles. The third-order valence-electron chi connectivity index (χ3n) is 3.49. The molecule has 0 amide bonds. The zero-order valence-corrected chi connectivity index (χ0v) is 13.8. The molecule has 5 nitrogen and oxygen atoms in total. The van der Waals surface area contributed by atoms with Crippen molar-refractivity contribution in [3.8, 4) is 17.2 Å². The number of hydrogen-bond donors (Lipinski definition) is 2. The minimum atomic E-state index is 0.498. The molecule has 0 unspecified atom stereocenters. The van der Waals surface area contributed by atoms with E-state index in [0.717, 1.165) is 34.2 Å². The second-order valence-electron chi connectivity index (χ2n) is 5.12. The SMILES string of the molecule is COc1ccc(C)c(NC(=S)Nc2ccc3c(c2)OCCO3)c1. The topological polar surface area (TPSA) is 51.8 Å². The molecule has 0 radical (unpaired) electrons. The number of rotatable bonds is 3. The van der Waals surface area contributed by atoms with Crippen LogP contribution in [0.2, 0.25) is 0 Å². The Balaban J connectivity index is 1.70. The summed E-state index contributed by atoms with van der Waals surface area (Å²) in [5.41, 5.74) is 2.82.